The Morgan fingerprint density at radius 1 is 0.542 bits per heavy atom. The van der Waals surface area contributed by atoms with E-state index >= 15 is 0 Å². The van der Waals surface area contributed by atoms with E-state index in [4.69, 9.17) is 9.68 Å². The number of Topliss-reactive ketones (excluding diaryl/α,β-unsaturated/α-hetero) is 2. The SMILES string of the molecule is CCCCCC(=NOC(=O)C1CCCCC1)C(=O)c1ccc(-c2ccc(C(=O)C(CCCCC)=NOC(=O)C3CCCCC3)cc2)cc1. The highest BCUT2D eigenvalue weighted by molar-refractivity contribution is 6.46. The predicted octanol–water partition coefficient (Wildman–Crippen LogP) is 9.84. The number of oxime groups is 2. The number of carbonyl (C=O) groups is 4. The molecule has 2 aromatic carbocycles. The minimum atomic E-state index is -0.340. The van der Waals surface area contributed by atoms with Crippen molar-refractivity contribution < 1.29 is 28.9 Å². The number of carbonyl (C=O) groups excluding carboxylic acids is 4. The molecule has 0 saturated heterocycles. The molecule has 48 heavy (non-hydrogen) atoms. The molecule has 0 aliphatic heterocycles. The van der Waals surface area contributed by atoms with Crippen LogP contribution in [-0.4, -0.2) is 34.9 Å². The van der Waals surface area contributed by atoms with Gasteiger partial charge in [0.2, 0.25) is 11.6 Å². The van der Waals surface area contributed by atoms with Gasteiger partial charge in [-0.05, 0) is 62.5 Å². The van der Waals surface area contributed by atoms with Crippen LogP contribution < -0.4 is 0 Å². The highest BCUT2D eigenvalue weighted by atomic mass is 16.7. The van der Waals surface area contributed by atoms with Gasteiger partial charge in [-0.3, -0.25) is 9.59 Å². The molecular formula is C40H52N2O6. The van der Waals surface area contributed by atoms with E-state index < -0.39 is 0 Å². The maximum atomic E-state index is 13.4. The second-order valence-corrected chi connectivity index (χ2v) is 13.3. The van der Waals surface area contributed by atoms with Crippen LogP contribution >= 0.6 is 0 Å². The van der Waals surface area contributed by atoms with Crippen molar-refractivity contribution in [1.82, 2.24) is 0 Å². The number of rotatable bonds is 17. The molecule has 0 bridgehead atoms. The number of hydrogen-bond acceptors (Lipinski definition) is 8. The summed E-state index contributed by atoms with van der Waals surface area (Å²) in [5.74, 6) is -1.44. The Labute approximate surface area is 285 Å². The summed E-state index contributed by atoms with van der Waals surface area (Å²) in [6.45, 7) is 4.19. The molecule has 0 radical (unpaired) electrons. The zero-order chi connectivity index (χ0) is 34.1. The summed E-state index contributed by atoms with van der Waals surface area (Å²) in [5.41, 5.74) is 3.26. The highest BCUT2D eigenvalue weighted by Crippen LogP contribution is 2.27. The Morgan fingerprint density at radius 2 is 0.896 bits per heavy atom. The molecule has 0 aromatic heterocycles. The summed E-state index contributed by atoms with van der Waals surface area (Å²) < 4.78 is 0. The molecule has 0 atom stereocenters. The lowest BCUT2D eigenvalue weighted by molar-refractivity contribution is -0.150. The molecule has 4 rings (SSSR count). The van der Waals surface area contributed by atoms with E-state index in [-0.39, 0.29) is 46.8 Å². The van der Waals surface area contributed by atoms with Gasteiger partial charge in [0.25, 0.3) is 0 Å². The van der Waals surface area contributed by atoms with Crippen LogP contribution in [0.15, 0.2) is 58.8 Å². The normalized spacial score (nSPS) is 16.4. The molecule has 0 N–H and O–H groups in total. The van der Waals surface area contributed by atoms with Crippen molar-refractivity contribution in [2.24, 2.45) is 22.1 Å². The predicted molar refractivity (Wildman–Crippen MR) is 189 cm³/mol. The van der Waals surface area contributed by atoms with Gasteiger partial charge in [-0.2, -0.15) is 0 Å². The highest BCUT2D eigenvalue weighted by Gasteiger charge is 2.25. The van der Waals surface area contributed by atoms with E-state index in [0.717, 1.165) is 114 Å². The quantitative estimate of drug-likeness (QED) is 0.0551. The van der Waals surface area contributed by atoms with Gasteiger partial charge in [-0.15, -0.1) is 0 Å². The van der Waals surface area contributed by atoms with Crippen molar-refractivity contribution in [2.45, 2.75) is 129 Å². The average Bonchev–Trinajstić information content (AvgIpc) is 3.14. The van der Waals surface area contributed by atoms with Crippen LogP contribution in [0.4, 0.5) is 0 Å². The summed E-state index contributed by atoms with van der Waals surface area (Å²) in [4.78, 5) is 62.7. The molecule has 8 heteroatoms. The zero-order valence-electron chi connectivity index (χ0n) is 28.8. The summed E-state index contributed by atoms with van der Waals surface area (Å²) >= 11 is 0. The van der Waals surface area contributed by atoms with E-state index in [2.05, 4.69) is 24.2 Å². The van der Waals surface area contributed by atoms with E-state index in [1.807, 2.05) is 24.3 Å². The molecule has 0 heterocycles. The van der Waals surface area contributed by atoms with Gasteiger partial charge in [-0.1, -0.05) is 137 Å². The molecule has 258 valence electrons. The maximum Gasteiger partial charge on any atom is 0.338 e. The van der Waals surface area contributed by atoms with Crippen LogP contribution in [0.3, 0.4) is 0 Å². The molecule has 0 spiro atoms. The number of ketones is 2. The van der Waals surface area contributed by atoms with E-state index in [9.17, 15) is 19.2 Å². The minimum Gasteiger partial charge on any atom is -0.318 e. The third-order valence-corrected chi connectivity index (χ3v) is 9.55. The van der Waals surface area contributed by atoms with Gasteiger partial charge in [0.15, 0.2) is 0 Å². The number of benzene rings is 2. The van der Waals surface area contributed by atoms with Gasteiger partial charge in [0.1, 0.15) is 11.4 Å². The third-order valence-electron chi connectivity index (χ3n) is 9.55. The van der Waals surface area contributed by atoms with Gasteiger partial charge < -0.3 is 9.68 Å². The Balaban J connectivity index is 1.43. The number of nitrogens with zero attached hydrogens (tertiary/aromatic N) is 2. The first-order valence-corrected chi connectivity index (χ1v) is 18.3. The van der Waals surface area contributed by atoms with Gasteiger partial charge >= 0.3 is 11.9 Å². The summed E-state index contributed by atoms with van der Waals surface area (Å²) in [6, 6.07) is 14.5. The summed E-state index contributed by atoms with van der Waals surface area (Å²) in [7, 11) is 0. The fraction of sp³-hybridized carbons (Fsp3) is 0.550. The van der Waals surface area contributed by atoms with Gasteiger partial charge in [-0.25, -0.2) is 9.59 Å². The molecule has 2 aromatic rings. The van der Waals surface area contributed by atoms with Crippen molar-refractivity contribution in [3.8, 4) is 11.1 Å². The standard InChI is InChI=1S/C40H52N2O6/c1-3-5-9-19-35(41-47-39(45)33-15-11-7-12-16-33)37(43)31-25-21-29(22-26-31)30-23-27-32(28-24-30)38(44)36(20-10-6-4-2)42-48-40(46)34-17-13-8-14-18-34/h21-28,33-34H,3-20H2,1-2H3. The average molecular weight is 657 g/mol. The molecule has 8 nitrogen and oxygen atoms in total. The molecular weight excluding hydrogens is 604 g/mol. The van der Waals surface area contributed by atoms with E-state index in [1.54, 1.807) is 24.3 Å². The van der Waals surface area contributed by atoms with Crippen LogP contribution in [0.2, 0.25) is 0 Å². The fourth-order valence-corrected chi connectivity index (χ4v) is 6.47. The lowest BCUT2D eigenvalue weighted by atomic mass is 9.89. The Morgan fingerprint density at radius 3 is 1.23 bits per heavy atom. The number of unbranched alkanes of at least 4 members (excludes halogenated alkanes) is 4. The van der Waals surface area contributed by atoms with Gasteiger partial charge in [0, 0.05) is 11.1 Å². The van der Waals surface area contributed by atoms with Gasteiger partial charge in [0.05, 0.1) is 11.8 Å². The zero-order valence-corrected chi connectivity index (χ0v) is 28.8. The third kappa shape index (κ3) is 11.1. The molecule has 0 amide bonds. The monoisotopic (exact) mass is 656 g/mol. The lowest BCUT2D eigenvalue weighted by Crippen LogP contribution is -2.21. The second kappa shape index (κ2) is 19.8. The number of hydrogen-bond donors (Lipinski definition) is 0. The maximum absolute atomic E-state index is 13.4. The lowest BCUT2D eigenvalue weighted by Gasteiger charge is -2.18. The molecule has 2 aliphatic carbocycles. The van der Waals surface area contributed by atoms with Crippen molar-refractivity contribution >= 4 is 34.9 Å². The Bertz CT molecular complexity index is 1310. The first-order valence-electron chi connectivity index (χ1n) is 18.3. The first kappa shape index (κ1) is 36.9. The molecule has 2 fully saturated rings. The molecule has 2 aliphatic rings. The molecule has 2 saturated carbocycles. The van der Waals surface area contributed by atoms with Crippen LogP contribution in [0.25, 0.3) is 11.1 Å². The van der Waals surface area contributed by atoms with E-state index in [0.29, 0.717) is 24.0 Å². The Hall–Kier alpha value is -3.94. The first-order chi connectivity index (χ1) is 23.4. The fourth-order valence-electron chi connectivity index (χ4n) is 6.47. The van der Waals surface area contributed by atoms with Crippen LogP contribution in [0, 0.1) is 11.8 Å². The van der Waals surface area contributed by atoms with Crippen molar-refractivity contribution in [1.29, 1.82) is 0 Å². The Kier molecular flexibility index (Phi) is 15.2. The van der Waals surface area contributed by atoms with Crippen LogP contribution in [-0.2, 0) is 19.3 Å². The van der Waals surface area contributed by atoms with E-state index in [1.165, 1.54) is 0 Å². The van der Waals surface area contributed by atoms with Crippen molar-refractivity contribution in [3.05, 3.63) is 59.7 Å². The topological polar surface area (TPSA) is 111 Å². The minimum absolute atomic E-state index is 0.140. The molecule has 0 unspecified atom stereocenters. The summed E-state index contributed by atoms with van der Waals surface area (Å²) in [5, 5.41) is 8.17. The second-order valence-electron chi connectivity index (χ2n) is 13.3. The summed E-state index contributed by atoms with van der Waals surface area (Å²) in [6.07, 6.45) is 16.0. The van der Waals surface area contributed by atoms with Crippen molar-refractivity contribution in [2.75, 3.05) is 0 Å². The largest absolute Gasteiger partial charge is 0.338 e. The smallest absolute Gasteiger partial charge is 0.318 e. The van der Waals surface area contributed by atoms with Crippen LogP contribution in [0.5, 0.6) is 0 Å². The van der Waals surface area contributed by atoms with Crippen LogP contribution in [0.1, 0.15) is 150 Å². The van der Waals surface area contributed by atoms with Crippen molar-refractivity contribution in [3.63, 3.8) is 0 Å².